The zero-order valence-electron chi connectivity index (χ0n) is 12.9. The maximum absolute atomic E-state index is 12.2. The molecule has 0 aliphatic carbocycles. The average molecular weight is 311 g/mol. The number of rotatable bonds is 6. The summed E-state index contributed by atoms with van der Waals surface area (Å²) in [6.07, 6.45) is 5.03. The van der Waals surface area contributed by atoms with Crippen LogP contribution in [0.3, 0.4) is 0 Å². The number of piperidine rings is 1. The van der Waals surface area contributed by atoms with Gasteiger partial charge in [-0.3, -0.25) is 4.79 Å². The van der Waals surface area contributed by atoms with Crippen LogP contribution in [0, 0.1) is 5.92 Å². The highest BCUT2D eigenvalue weighted by molar-refractivity contribution is 5.85. The summed E-state index contributed by atoms with van der Waals surface area (Å²) in [5, 5.41) is 3.22. The lowest BCUT2D eigenvalue weighted by Gasteiger charge is -2.32. The Bertz CT molecular complexity index is 409. The molecule has 1 saturated heterocycles. The number of nitrogens with one attached hydrogen (secondary N) is 1. The molecule has 1 N–H and O–H groups in total. The minimum absolute atomic E-state index is 0. The topological polar surface area (TPSA) is 32.3 Å². The fraction of sp³-hybridized carbons (Fsp3) is 0.588. The van der Waals surface area contributed by atoms with Gasteiger partial charge in [0.1, 0.15) is 0 Å². The van der Waals surface area contributed by atoms with Crippen molar-refractivity contribution >= 4 is 18.3 Å². The molecule has 1 heterocycles. The first-order chi connectivity index (χ1) is 9.79. The zero-order chi connectivity index (χ0) is 14.2. The van der Waals surface area contributed by atoms with E-state index in [2.05, 4.69) is 34.5 Å². The second-order valence-electron chi connectivity index (χ2n) is 5.74. The smallest absolute Gasteiger partial charge is 0.222 e. The number of benzene rings is 1. The van der Waals surface area contributed by atoms with Crippen LogP contribution >= 0.6 is 12.4 Å². The predicted octanol–water partition coefficient (Wildman–Crippen LogP) is 2.89. The summed E-state index contributed by atoms with van der Waals surface area (Å²) < 4.78 is 0. The Morgan fingerprint density at radius 3 is 2.81 bits per heavy atom. The van der Waals surface area contributed by atoms with Gasteiger partial charge in [-0.25, -0.2) is 0 Å². The van der Waals surface area contributed by atoms with Gasteiger partial charge in [0.05, 0.1) is 0 Å². The van der Waals surface area contributed by atoms with Crippen molar-refractivity contribution in [2.45, 2.75) is 32.1 Å². The number of aryl methyl sites for hydroxylation is 1. The van der Waals surface area contributed by atoms with E-state index in [9.17, 15) is 4.79 Å². The number of amides is 1. The minimum Gasteiger partial charge on any atom is -0.342 e. The summed E-state index contributed by atoms with van der Waals surface area (Å²) in [6, 6.07) is 10.4. The molecule has 4 heteroatoms. The molecule has 1 aromatic carbocycles. The van der Waals surface area contributed by atoms with E-state index in [0.717, 1.165) is 38.9 Å². The van der Waals surface area contributed by atoms with Crippen LogP contribution in [0.25, 0.3) is 0 Å². The fourth-order valence-corrected chi connectivity index (χ4v) is 2.99. The number of likely N-dealkylation sites (tertiary alicyclic amines) is 1. The largest absolute Gasteiger partial charge is 0.342 e. The summed E-state index contributed by atoms with van der Waals surface area (Å²) in [5.74, 6) is 0.966. The van der Waals surface area contributed by atoms with Gasteiger partial charge in [-0.2, -0.15) is 0 Å². The molecule has 1 amide bonds. The van der Waals surface area contributed by atoms with Gasteiger partial charge in [0.15, 0.2) is 0 Å². The maximum atomic E-state index is 12.2. The molecular weight excluding hydrogens is 284 g/mol. The quantitative estimate of drug-likeness (QED) is 0.876. The van der Waals surface area contributed by atoms with Gasteiger partial charge in [-0.1, -0.05) is 30.3 Å². The van der Waals surface area contributed by atoms with Crippen LogP contribution in [-0.4, -0.2) is 37.5 Å². The van der Waals surface area contributed by atoms with Gasteiger partial charge in [0.25, 0.3) is 0 Å². The Labute approximate surface area is 134 Å². The second-order valence-corrected chi connectivity index (χ2v) is 5.74. The molecule has 3 nitrogen and oxygen atoms in total. The lowest BCUT2D eigenvalue weighted by atomic mass is 9.97. The van der Waals surface area contributed by atoms with Crippen molar-refractivity contribution < 1.29 is 4.79 Å². The van der Waals surface area contributed by atoms with Gasteiger partial charge >= 0.3 is 0 Å². The van der Waals surface area contributed by atoms with Gasteiger partial charge in [0, 0.05) is 19.5 Å². The summed E-state index contributed by atoms with van der Waals surface area (Å²) in [7, 11) is 1.99. The highest BCUT2D eigenvalue weighted by Gasteiger charge is 2.22. The molecule has 1 aliphatic heterocycles. The Hall–Kier alpha value is -1.06. The lowest BCUT2D eigenvalue weighted by Crippen LogP contribution is -2.42. The van der Waals surface area contributed by atoms with E-state index in [0.29, 0.717) is 18.2 Å². The van der Waals surface area contributed by atoms with E-state index in [1.54, 1.807) is 0 Å². The molecule has 1 fully saturated rings. The maximum Gasteiger partial charge on any atom is 0.222 e. The molecule has 21 heavy (non-hydrogen) atoms. The highest BCUT2D eigenvalue weighted by Crippen LogP contribution is 2.17. The average Bonchev–Trinajstić information content (AvgIpc) is 2.49. The second kappa shape index (κ2) is 9.80. The van der Waals surface area contributed by atoms with E-state index in [1.165, 1.54) is 12.0 Å². The Morgan fingerprint density at radius 1 is 1.33 bits per heavy atom. The third-order valence-electron chi connectivity index (χ3n) is 4.06. The van der Waals surface area contributed by atoms with Crippen LogP contribution in [0.1, 0.15) is 31.2 Å². The van der Waals surface area contributed by atoms with Crippen molar-refractivity contribution in [1.82, 2.24) is 10.2 Å². The fourth-order valence-electron chi connectivity index (χ4n) is 2.99. The standard InChI is InChI=1S/C17H26N2O.ClH/c1-18-13-16-10-6-12-19(14-16)17(20)11-5-9-15-7-3-2-4-8-15;/h2-4,7-8,16,18H,5-6,9-14H2,1H3;1H. The number of nitrogens with zero attached hydrogens (tertiary/aromatic N) is 1. The van der Waals surface area contributed by atoms with Crippen molar-refractivity contribution in [3.05, 3.63) is 35.9 Å². The molecule has 2 rings (SSSR count). The van der Waals surface area contributed by atoms with Crippen molar-refractivity contribution in [3.63, 3.8) is 0 Å². The van der Waals surface area contributed by atoms with Crippen LogP contribution in [0.15, 0.2) is 30.3 Å². The molecule has 0 saturated carbocycles. The SMILES string of the molecule is CNCC1CCCN(C(=O)CCCc2ccccc2)C1.Cl. The third kappa shape index (κ3) is 6.06. The van der Waals surface area contributed by atoms with E-state index in [4.69, 9.17) is 0 Å². The minimum atomic E-state index is 0. The first kappa shape index (κ1) is 18.0. The molecule has 0 radical (unpaired) electrons. The number of hydrogen-bond acceptors (Lipinski definition) is 2. The normalized spacial score (nSPS) is 18.1. The van der Waals surface area contributed by atoms with Gasteiger partial charge < -0.3 is 10.2 Å². The molecule has 0 aromatic heterocycles. The molecule has 1 aliphatic rings. The van der Waals surface area contributed by atoms with E-state index in [1.807, 2.05) is 13.1 Å². The van der Waals surface area contributed by atoms with Crippen molar-refractivity contribution in [1.29, 1.82) is 0 Å². The molecule has 1 unspecified atom stereocenters. The number of carbonyl (C=O) groups excluding carboxylic acids is 1. The molecular formula is C17H27ClN2O. The Kier molecular flexibility index (Phi) is 8.40. The third-order valence-corrected chi connectivity index (χ3v) is 4.06. The van der Waals surface area contributed by atoms with Gasteiger partial charge in [-0.15, -0.1) is 12.4 Å². The molecule has 118 valence electrons. The molecule has 0 bridgehead atoms. The summed E-state index contributed by atoms with van der Waals surface area (Å²) in [6.45, 7) is 2.91. The van der Waals surface area contributed by atoms with Crippen molar-refractivity contribution in [2.24, 2.45) is 5.92 Å². The van der Waals surface area contributed by atoms with E-state index in [-0.39, 0.29) is 12.4 Å². The molecule has 1 aromatic rings. The summed E-state index contributed by atoms with van der Waals surface area (Å²) in [5.41, 5.74) is 1.33. The number of carbonyl (C=O) groups is 1. The van der Waals surface area contributed by atoms with Crippen LogP contribution in [-0.2, 0) is 11.2 Å². The first-order valence-corrected chi connectivity index (χ1v) is 7.76. The van der Waals surface area contributed by atoms with Crippen LogP contribution in [0.2, 0.25) is 0 Å². The number of halogens is 1. The zero-order valence-corrected chi connectivity index (χ0v) is 13.7. The van der Waals surface area contributed by atoms with Gasteiger partial charge in [0.2, 0.25) is 5.91 Å². The predicted molar refractivity (Wildman–Crippen MR) is 89.9 cm³/mol. The summed E-state index contributed by atoms with van der Waals surface area (Å²) >= 11 is 0. The van der Waals surface area contributed by atoms with Crippen LogP contribution in [0.4, 0.5) is 0 Å². The van der Waals surface area contributed by atoms with Gasteiger partial charge in [-0.05, 0) is 50.8 Å². The number of hydrogen-bond donors (Lipinski definition) is 1. The van der Waals surface area contributed by atoms with Crippen LogP contribution in [0.5, 0.6) is 0 Å². The highest BCUT2D eigenvalue weighted by atomic mass is 35.5. The Morgan fingerprint density at radius 2 is 2.10 bits per heavy atom. The Balaban J connectivity index is 0.00000220. The first-order valence-electron chi connectivity index (χ1n) is 7.76. The van der Waals surface area contributed by atoms with E-state index < -0.39 is 0 Å². The monoisotopic (exact) mass is 310 g/mol. The molecule has 1 atom stereocenters. The van der Waals surface area contributed by atoms with Crippen LogP contribution < -0.4 is 5.32 Å². The lowest BCUT2D eigenvalue weighted by molar-refractivity contribution is -0.133. The van der Waals surface area contributed by atoms with E-state index >= 15 is 0 Å². The summed E-state index contributed by atoms with van der Waals surface area (Å²) in [4.78, 5) is 14.3. The van der Waals surface area contributed by atoms with Crippen molar-refractivity contribution in [3.8, 4) is 0 Å². The van der Waals surface area contributed by atoms with Crippen molar-refractivity contribution in [2.75, 3.05) is 26.7 Å². The molecule has 0 spiro atoms.